The summed E-state index contributed by atoms with van der Waals surface area (Å²) in [7, 11) is 1.58. The number of hydrogen-bond acceptors (Lipinski definition) is 4. The molecule has 1 aliphatic carbocycles. The molecule has 2 aromatic rings. The second-order valence-electron chi connectivity index (χ2n) is 8.54. The van der Waals surface area contributed by atoms with E-state index in [9.17, 15) is 18.0 Å². The van der Waals surface area contributed by atoms with Gasteiger partial charge in [-0.05, 0) is 47.1 Å². The molecular formula is C21H21F3N4O. The van der Waals surface area contributed by atoms with Gasteiger partial charge in [-0.3, -0.25) is 14.7 Å². The molecule has 1 amide bonds. The first-order valence-electron chi connectivity index (χ1n) is 9.22. The van der Waals surface area contributed by atoms with Gasteiger partial charge in [0.25, 0.3) is 5.91 Å². The molecule has 0 radical (unpaired) electrons. The number of aromatic nitrogens is 1. The van der Waals surface area contributed by atoms with Crippen molar-refractivity contribution in [3.63, 3.8) is 0 Å². The molecule has 1 aromatic heterocycles. The van der Waals surface area contributed by atoms with E-state index >= 15 is 0 Å². The van der Waals surface area contributed by atoms with Crippen LogP contribution in [-0.2, 0) is 22.9 Å². The van der Waals surface area contributed by atoms with Gasteiger partial charge in [0.15, 0.2) is 11.5 Å². The quantitative estimate of drug-likeness (QED) is 0.790. The molecule has 2 N–H and O–H groups in total. The summed E-state index contributed by atoms with van der Waals surface area (Å²) in [5.74, 6) is -0.0758. The van der Waals surface area contributed by atoms with Crippen molar-refractivity contribution in [3.8, 4) is 11.1 Å². The fourth-order valence-electron chi connectivity index (χ4n) is 4.40. The summed E-state index contributed by atoms with van der Waals surface area (Å²) in [5.41, 5.74) is 6.34. The summed E-state index contributed by atoms with van der Waals surface area (Å²) in [6.45, 7) is 4.14. The number of pyridine rings is 1. The zero-order valence-corrected chi connectivity index (χ0v) is 16.3. The molecule has 2 aliphatic rings. The number of alkyl halides is 3. The minimum atomic E-state index is -4.48. The Morgan fingerprint density at radius 3 is 2.48 bits per heavy atom. The average Bonchev–Trinajstić information content (AvgIpc) is 2.84. The number of guanidine groups is 1. The predicted octanol–water partition coefficient (Wildman–Crippen LogP) is 3.72. The van der Waals surface area contributed by atoms with Crippen molar-refractivity contribution in [2.75, 3.05) is 7.05 Å². The van der Waals surface area contributed by atoms with Crippen molar-refractivity contribution in [2.45, 2.75) is 38.4 Å². The zero-order valence-electron chi connectivity index (χ0n) is 16.3. The second kappa shape index (κ2) is 6.05. The minimum Gasteiger partial charge on any atom is -0.369 e. The van der Waals surface area contributed by atoms with Crippen LogP contribution in [0, 0.1) is 5.41 Å². The van der Waals surface area contributed by atoms with Gasteiger partial charge in [-0.15, -0.1) is 0 Å². The van der Waals surface area contributed by atoms with E-state index < -0.39 is 17.3 Å². The molecule has 0 bridgehead atoms. The number of benzene rings is 1. The maximum Gasteiger partial charge on any atom is 0.417 e. The summed E-state index contributed by atoms with van der Waals surface area (Å²) in [6, 6.07) is 6.45. The Bertz CT molecular complexity index is 1040. The number of halogens is 3. The van der Waals surface area contributed by atoms with Crippen LogP contribution in [-0.4, -0.2) is 28.8 Å². The Labute approximate surface area is 166 Å². The molecule has 8 heteroatoms. The van der Waals surface area contributed by atoms with Crippen molar-refractivity contribution >= 4 is 11.9 Å². The van der Waals surface area contributed by atoms with Crippen LogP contribution >= 0.6 is 0 Å². The van der Waals surface area contributed by atoms with Crippen molar-refractivity contribution in [3.05, 3.63) is 53.3 Å². The van der Waals surface area contributed by atoms with E-state index in [0.29, 0.717) is 23.1 Å². The van der Waals surface area contributed by atoms with Gasteiger partial charge in [-0.1, -0.05) is 26.0 Å². The first kappa shape index (κ1) is 19.4. The summed E-state index contributed by atoms with van der Waals surface area (Å²) in [4.78, 5) is 22.8. The number of aliphatic imine (C=N–C) groups is 1. The van der Waals surface area contributed by atoms with Gasteiger partial charge in [0.05, 0.1) is 5.56 Å². The van der Waals surface area contributed by atoms with Crippen LogP contribution in [0.5, 0.6) is 0 Å². The number of hydrogen-bond donors (Lipinski definition) is 1. The lowest BCUT2D eigenvalue weighted by Crippen LogP contribution is -2.46. The number of carbonyl (C=O) groups is 1. The fraction of sp³-hybridized carbons (Fsp3) is 0.381. The third-order valence-corrected chi connectivity index (χ3v) is 5.67. The number of amides is 1. The Kier molecular flexibility index (Phi) is 4.05. The molecule has 0 fully saturated rings. The number of likely N-dealkylation sites (N-methyl/N-ethyl adjacent to an activating group) is 1. The third-order valence-electron chi connectivity index (χ3n) is 5.67. The monoisotopic (exact) mass is 402 g/mol. The van der Waals surface area contributed by atoms with E-state index in [2.05, 4.69) is 23.8 Å². The molecule has 0 saturated heterocycles. The highest BCUT2D eigenvalue weighted by Gasteiger charge is 2.54. The molecule has 1 aromatic carbocycles. The average molecular weight is 402 g/mol. The largest absolute Gasteiger partial charge is 0.417 e. The summed E-state index contributed by atoms with van der Waals surface area (Å²) < 4.78 is 39.3. The lowest BCUT2D eigenvalue weighted by atomic mass is 9.65. The Balaban J connectivity index is 1.89. The van der Waals surface area contributed by atoms with E-state index in [1.165, 1.54) is 11.1 Å². The van der Waals surface area contributed by atoms with Gasteiger partial charge in [0.2, 0.25) is 0 Å². The first-order valence-corrected chi connectivity index (χ1v) is 9.22. The summed E-state index contributed by atoms with van der Waals surface area (Å²) >= 11 is 0. The summed E-state index contributed by atoms with van der Waals surface area (Å²) in [6.07, 6.45) is -1.09. The molecule has 0 saturated carbocycles. The van der Waals surface area contributed by atoms with Crippen LogP contribution in [0.1, 0.15) is 37.0 Å². The van der Waals surface area contributed by atoms with Crippen LogP contribution in [0.2, 0.25) is 0 Å². The fourth-order valence-corrected chi connectivity index (χ4v) is 4.40. The van der Waals surface area contributed by atoms with Gasteiger partial charge in [0.1, 0.15) is 0 Å². The van der Waals surface area contributed by atoms with Crippen molar-refractivity contribution < 1.29 is 18.0 Å². The molecule has 1 unspecified atom stereocenters. The van der Waals surface area contributed by atoms with Crippen LogP contribution < -0.4 is 5.73 Å². The molecule has 1 spiro atoms. The molecule has 5 nitrogen and oxygen atoms in total. The van der Waals surface area contributed by atoms with Crippen LogP contribution in [0.4, 0.5) is 13.2 Å². The molecule has 1 aliphatic heterocycles. The number of carbonyl (C=O) groups excluding carboxylic acids is 1. The predicted molar refractivity (Wildman–Crippen MR) is 103 cm³/mol. The van der Waals surface area contributed by atoms with Gasteiger partial charge >= 0.3 is 6.18 Å². The third kappa shape index (κ3) is 3.07. The van der Waals surface area contributed by atoms with E-state index in [0.717, 1.165) is 24.2 Å². The van der Waals surface area contributed by atoms with E-state index in [4.69, 9.17) is 5.73 Å². The highest BCUT2D eigenvalue weighted by Crippen LogP contribution is 2.50. The van der Waals surface area contributed by atoms with Crippen molar-refractivity contribution in [1.29, 1.82) is 0 Å². The summed E-state index contributed by atoms with van der Waals surface area (Å²) in [5, 5.41) is 0. The molecule has 152 valence electrons. The standard InChI is InChI=1S/C21H21F3N4O/c1-19(2)8-13-5-4-12(14-6-15(10-26-9-14)21(22,23)24)7-16(13)20(11-19)17(29)28(3)18(25)27-20/h4-7,9-10H,8,11H2,1-3H3,(H2,25,27). The first-order chi connectivity index (χ1) is 13.4. The van der Waals surface area contributed by atoms with E-state index in [1.807, 2.05) is 6.07 Å². The smallest absolute Gasteiger partial charge is 0.369 e. The highest BCUT2D eigenvalue weighted by atomic mass is 19.4. The number of fused-ring (bicyclic) bond motifs is 2. The normalized spacial score (nSPS) is 23.3. The maximum atomic E-state index is 13.1. The Morgan fingerprint density at radius 2 is 1.86 bits per heavy atom. The SMILES string of the molecule is CN1C(=O)C2(CC(C)(C)Cc3ccc(-c4cncc(C(F)(F)F)c4)cc32)N=C1N. The van der Waals surface area contributed by atoms with Crippen LogP contribution in [0.3, 0.4) is 0 Å². The topological polar surface area (TPSA) is 71.6 Å². The Morgan fingerprint density at radius 1 is 1.14 bits per heavy atom. The van der Waals surface area contributed by atoms with Gasteiger partial charge in [-0.2, -0.15) is 13.2 Å². The molecule has 2 heterocycles. The molecule has 4 rings (SSSR count). The van der Waals surface area contributed by atoms with Crippen LogP contribution in [0.15, 0.2) is 41.7 Å². The van der Waals surface area contributed by atoms with Crippen molar-refractivity contribution in [1.82, 2.24) is 9.88 Å². The van der Waals surface area contributed by atoms with E-state index in [1.54, 1.807) is 19.2 Å². The van der Waals surface area contributed by atoms with Gasteiger partial charge < -0.3 is 5.73 Å². The lowest BCUT2D eigenvalue weighted by molar-refractivity contribution is -0.137. The number of nitrogens with two attached hydrogens (primary N) is 1. The minimum absolute atomic E-state index is 0.143. The molecule has 29 heavy (non-hydrogen) atoms. The van der Waals surface area contributed by atoms with E-state index in [-0.39, 0.29) is 17.3 Å². The van der Waals surface area contributed by atoms with Crippen LogP contribution in [0.25, 0.3) is 11.1 Å². The number of rotatable bonds is 1. The zero-order chi connectivity index (χ0) is 21.2. The van der Waals surface area contributed by atoms with Crippen molar-refractivity contribution in [2.24, 2.45) is 16.1 Å². The maximum absolute atomic E-state index is 13.1. The van der Waals surface area contributed by atoms with Gasteiger partial charge in [-0.25, -0.2) is 4.99 Å². The number of nitrogens with zero attached hydrogens (tertiary/aromatic N) is 3. The Hall–Kier alpha value is -2.90. The van der Waals surface area contributed by atoms with Gasteiger partial charge in [0, 0.05) is 25.0 Å². The highest BCUT2D eigenvalue weighted by molar-refractivity contribution is 6.07. The molecule has 1 atom stereocenters. The molecular weight excluding hydrogens is 381 g/mol. The second-order valence-corrected chi connectivity index (χ2v) is 8.54. The lowest BCUT2D eigenvalue weighted by Gasteiger charge is -2.41.